The molecule has 1 fully saturated rings. The summed E-state index contributed by atoms with van der Waals surface area (Å²) in [5.74, 6) is -0.0488. The summed E-state index contributed by atoms with van der Waals surface area (Å²) in [6.07, 6.45) is 0.396. The molecule has 1 unspecified atom stereocenters. The summed E-state index contributed by atoms with van der Waals surface area (Å²) >= 11 is 0. The normalized spacial score (nSPS) is 21.1. The molecule has 0 aromatic heterocycles. The van der Waals surface area contributed by atoms with E-state index in [0.717, 1.165) is 0 Å². The van der Waals surface area contributed by atoms with E-state index in [2.05, 4.69) is 16.0 Å². The van der Waals surface area contributed by atoms with Crippen molar-refractivity contribution in [3.8, 4) is 0 Å². The van der Waals surface area contributed by atoms with Crippen molar-refractivity contribution in [1.82, 2.24) is 16.0 Å². The highest BCUT2D eigenvalue weighted by Crippen LogP contribution is 1.98. The molecule has 0 saturated carbocycles. The van der Waals surface area contributed by atoms with Crippen molar-refractivity contribution in [3.63, 3.8) is 0 Å². The molecular weight excluding hydrogens is 182 g/mol. The van der Waals surface area contributed by atoms with Gasteiger partial charge in [0.25, 0.3) is 0 Å². The predicted octanol–water partition coefficient (Wildman–Crippen LogP) is -1.01. The molecule has 0 aromatic rings. The highest BCUT2D eigenvalue weighted by molar-refractivity contribution is 5.82. The van der Waals surface area contributed by atoms with E-state index in [-0.39, 0.29) is 17.9 Å². The fourth-order valence-corrected chi connectivity index (χ4v) is 1.28. The third kappa shape index (κ3) is 3.74. The molecule has 0 aliphatic carbocycles. The topological polar surface area (TPSA) is 70.2 Å². The van der Waals surface area contributed by atoms with Crippen molar-refractivity contribution in [3.05, 3.63) is 0 Å². The highest BCUT2D eigenvalue weighted by Gasteiger charge is 2.22. The Hall–Kier alpha value is -1.10. The number of hydrogen-bond donors (Lipinski definition) is 3. The van der Waals surface area contributed by atoms with E-state index in [1.165, 1.54) is 0 Å². The molecule has 3 N–H and O–H groups in total. The lowest BCUT2D eigenvalue weighted by Gasteiger charge is -2.12. The molecule has 0 bridgehead atoms. The van der Waals surface area contributed by atoms with E-state index in [0.29, 0.717) is 25.6 Å². The fraction of sp³-hybridized carbons (Fsp3) is 0.778. The quantitative estimate of drug-likeness (QED) is 0.543. The minimum absolute atomic E-state index is 0.00659. The van der Waals surface area contributed by atoms with Gasteiger partial charge < -0.3 is 16.0 Å². The van der Waals surface area contributed by atoms with Crippen LogP contribution < -0.4 is 16.0 Å². The van der Waals surface area contributed by atoms with Crippen molar-refractivity contribution >= 4 is 11.8 Å². The zero-order valence-electron chi connectivity index (χ0n) is 8.59. The SMILES string of the molecule is CC(C)NCC(=O)NC1CNC(=O)C1. The van der Waals surface area contributed by atoms with Gasteiger partial charge in [0.1, 0.15) is 0 Å². The third-order valence-electron chi connectivity index (χ3n) is 2.01. The van der Waals surface area contributed by atoms with Crippen molar-refractivity contribution < 1.29 is 9.59 Å². The molecule has 14 heavy (non-hydrogen) atoms. The largest absolute Gasteiger partial charge is 0.354 e. The van der Waals surface area contributed by atoms with Crippen LogP contribution >= 0.6 is 0 Å². The smallest absolute Gasteiger partial charge is 0.234 e. The van der Waals surface area contributed by atoms with Gasteiger partial charge in [0.15, 0.2) is 0 Å². The van der Waals surface area contributed by atoms with Gasteiger partial charge in [-0.25, -0.2) is 0 Å². The first-order valence-corrected chi connectivity index (χ1v) is 4.87. The lowest BCUT2D eigenvalue weighted by Crippen LogP contribution is -2.42. The van der Waals surface area contributed by atoms with Gasteiger partial charge in [-0.05, 0) is 0 Å². The molecule has 2 amide bonds. The summed E-state index contributed by atoms with van der Waals surface area (Å²) in [5, 5.41) is 8.46. The van der Waals surface area contributed by atoms with Gasteiger partial charge in [-0.1, -0.05) is 13.8 Å². The Morgan fingerprint density at radius 3 is 2.86 bits per heavy atom. The van der Waals surface area contributed by atoms with Gasteiger partial charge in [-0.2, -0.15) is 0 Å². The van der Waals surface area contributed by atoms with Crippen LogP contribution in [0.2, 0.25) is 0 Å². The highest BCUT2D eigenvalue weighted by atomic mass is 16.2. The first-order chi connectivity index (χ1) is 6.58. The van der Waals surface area contributed by atoms with Crippen molar-refractivity contribution in [2.24, 2.45) is 0 Å². The van der Waals surface area contributed by atoms with Gasteiger partial charge >= 0.3 is 0 Å². The Labute approximate surface area is 83.6 Å². The molecule has 80 valence electrons. The molecule has 1 aliphatic rings. The standard InChI is InChI=1S/C9H17N3O2/c1-6(2)10-5-9(14)12-7-3-8(13)11-4-7/h6-7,10H,3-5H2,1-2H3,(H,11,13)(H,12,14). The third-order valence-corrected chi connectivity index (χ3v) is 2.01. The maximum atomic E-state index is 11.3. The Bertz CT molecular complexity index is 228. The van der Waals surface area contributed by atoms with Crippen LogP contribution in [0.3, 0.4) is 0 Å². The lowest BCUT2D eigenvalue weighted by molar-refractivity contribution is -0.121. The Morgan fingerprint density at radius 1 is 1.64 bits per heavy atom. The number of carbonyl (C=O) groups is 2. The number of amides is 2. The van der Waals surface area contributed by atoms with Gasteiger partial charge in [-0.15, -0.1) is 0 Å². The molecule has 0 spiro atoms. The van der Waals surface area contributed by atoms with Crippen LogP contribution in [0, 0.1) is 0 Å². The number of carbonyl (C=O) groups excluding carboxylic acids is 2. The minimum atomic E-state index is -0.0554. The van der Waals surface area contributed by atoms with Crippen LogP contribution in [0.15, 0.2) is 0 Å². The lowest BCUT2D eigenvalue weighted by atomic mass is 10.2. The average molecular weight is 199 g/mol. The van der Waals surface area contributed by atoms with Gasteiger partial charge in [0.05, 0.1) is 12.6 Å². The molecule has 0 aromatic carbocycles. The van der Waals surface area contributed by atoms with E-state index in [4.69, 9.17) is 0 Å². The summed E-state index contributed by atoms with van der Waals surface area (Å²) in [4.78, 5) is 22.1. The monoisotopic (exact) mass is 199 g/mol. The number of nitrogens with one attached hydrogen (secondary N) is 3. The van der Waals surface area contributed by atoms with E-state index in [1.807, 2.05) is 13.8 Å². The van der Waals surface area contributed by atoms with Crippen molar-refractivity contribution in [2.45, 2.75) is 32.4 Å². The minimum Gasteiger partial charge on any atom is -0.354 e. The van der Waals surface area contributed by atoms with Crippen LogP contribution in [0.1, 0.15) is 20.3 Å². The Morgan fingerprint density at radius 2 is 2.36 bits per heavy atom. The van der Waals surface area contributed by atoms with E-state index in [1.54, 1.807) is 0 Å². The Kier molecular flexibility index (Phi) is 3.88. The zero-order chi connectivity index (χ0) is 10.6. The molecule has 1 atom stereocenters. The van der Waals surface area contributed by atoms with E-state index < -0.39 is 0 Å². The summed E-state index contributed by atoms with van der Waals surface area (Å²) in [6.45, 7) is 4.82. The van der Waals surface area contributed by atoms with Crippen LogP contribution in [-0.4, -0.2) is 37.0 Å². The zero-order valence-corrected chi connectivity index (χ0v) is 8.59. The summed E-state index contributed by atoms with van der Waals surface area (Å²) in [5.41, 5.74) is 0. The molecule has 0 radical (unpaired) electrons. The summed E-state index contributed by atoms with van der Waals surface area (Å²) in [7, 11) is 0. The maximum absolute atomic E-state index is 11.3. The molecule has 5 heteroatoms. The van der Waals surface area contributed by atoms with Crippen LogP contribution in [0.25, 0.3) is 0 Å². The fourth-order valence-electron chi connectivity index (χ4n) is 1.28. The number of hydrogen-bond acceptors (Lipinski definition) is 3. The van der Waals surface area contributed by atoms with Crippen molar-refractivity contribution in [1.29, 1.82) is 0 Å². The second-order valence-corrected chi connectivity index (χ2v) is 3.81. The molecular formula is C9H17N3O2. The first kappa shape index (κ1) is 11.0. The van der Waals surface area contributed by atoms with Crippen molar-refractivity contribution in [2.75, 3.05) is 13.1 Å². The van der Waals surface area contributed by atoms with Gasteiger partial charge in [0, 0.05) is 19.0 Å². The van der Waals surface area contributed by atoms with Crippen LogP contribution in [-0.2, 0) is 9.59 Å². The predicted molar refractivity (Wildman–Crippen MR) is 52.7 cm³/mol. The number of rotatable bonds is 4. The Balaban J connectivity index is 2.17. The second-order valence-electron chi connectivity index (χ2n) is 3.81. The van der Waals surface area contributed by atoms with Crippen LogP contribution in [0.5, 0.6) is 0 Å². The maximum Gasteiger partial charge on any atom is 0.234 e. The average Bonchev–Trinajstić information content (AvgIpc) is 2.48. The van der Waals surface area contributed by atoms with E-state index >= 15 is 0 Å². The molecule has 1 saturated heterocycles. The second kappa shape index (κ2) is 4.95. The van der Waals surface area contributed by atoms with Gasteiger partial charge in [-0.3, -0.25) is 9.59 Å². The molecule has 1 heterocycles. The summed E-state index contributed by atoms with van der Waals surface area (Å²) in [6, 6.07) is 0.257. The summed E-state index contributed by atoms with van der Waals surface area (Å²) < 4.78 is 0. The molecule has 5 nitrogen and oxygen atoms in total. The van der Waals surface area contributed by atoms with Gasteiger partial charge in [0.2, 0.25) is 11.8 Å². The molecule has 1 aliphatic heterocycles. The van der Waals surface area contributed by atoms with Crippen LogP contribution in [0.4, 0.5) is 0 Å². The molecule has 1 rings (SSSR count). The van der Waals surface area contributed by atoms with E-state index in [9.17, 15) is 9.59 Å². The first-order valence-electron chi connectivity index (χ1n) is 4.87.